The molecule has 6 nitrogen and oxygen atoms in total. The number of ether oxygens (including phenoxy) is 2. The van der Waals surface area contributed by atoms with E-state index in [0.29, 0.717) is 17.6 Å². The molecule has 3 rings (SSSR count). The van der Waals surface area contributed by atoms with E-state index < -0.39 is 21.8 Å². The average molecular weight is 466 g/mol. The fourth-order valence-corrected chi connectivity index (χ4v) is 4.13. The number of alkyl halides is 3. The molecule has 1 atom stereocenters. The van der Waals surface area contributed by atoms with E-state index in [1.165, 1.54) is 29.5 Å². The Morgan fingerprint density at radius 2 is 1.83 bits per heavy atom. The zero-order valence-electron chi connectivity index (χ0n) is 16.0. The van der Waals surface area contributed by atoms with Crippen LogP contribution in [0.3, 0.4) is 0 Å². The molecule has 0 saturated carbocycles. The molecule has 2 aromatic carbocycles. The number of hydrogen-bond acceptors (Lipinski definition) is 6. The van der Waals surface area contributed by atoms with Crippen molar-refractivity contribution < 1.29 is 40.4 Å². The van der Waals surface area contributed by atoms with Crippen LogP contribution in [-0.4, -0.2) is 37.0 Å². The summed E-state index contributed by atoms with van der Waals surface area (Å²) in [6.07, 6.45) is 2.64. The van der Waals surface area contributed by atoms with Crippen molar-refractivity contribution in [2.75, 3.05) is 12.4 Å². The van der Waals surface area contributed by atoms with Gasteiger partial charge in [-0.15, -0.1) is 0 Å². The molecule has 11 heteroatoms. The average Bonchev–Trinajstić information content (AvgIpc) is 3.20. The lowest BCUT2D eigenvalue weighted by Gasteiger charge is -2.15. The summed E-state index contributed by atoms with van der Waals surface area (Å²) in [5, 5.41) is 2.69. The quantitative estimate of drug-likeness (QED) is 0.266. The molecule has 0 aliphatic carbocycles. The van der Waals surface area contributed by atoms with Crippen LogP contribution in [0.4, 0.5) is 18.0 Å². The summed E-state index contributed by atoms with van der Waals surface area (Å²) >= 11 is 2.01. The molecule has 1 N–H and O–H groups in total. The number of hydrogen-bond donors (Lipinski definition) is 1. The molecule has 1 saturated heterocycles. The summed E-state index contributed by atoms with van der Waals surface area (Å²) in [6, 6.07) is 12.1. The maximum absolute atomic E-state index is 11.7. The Balaban J connectivity index is 0.000000343. The van der Waals surface area contributed by atoms with Crippen molar-refractivity contribution in [3.8, 4) is 5.75 Å². The van der Waals surface area contributed by atoms with Gasteiger partial charge in [0, 0.05) is 10.6 Å². The van der Waals surface area contributed by atoms with Crippen LogP contribution < -0.4 is 4.74 Å². The Kier molecular flexibility index (Phi) is 8.39. The van der Waals surface area contributed by atoms with Gasteiger partial charge in [0.25, 0.3) is 0 Å². The molecule has 0 amide bonds. The fraction of sp³-hybridized carbons (Fsp3) is 0.421. The molecule has 30 heavy (non-hydrogen) atoms. The van der Waals surface area contributed by atoms with Gasteiger partial charge >= 0.3 is 21.8 Å². The van der Waals surface area contributed by atoms with Gasteiger partial charge in [-0.25, -0.2) is 4.79 Å². The predicted molar refractivity (Wildman–Crippen MR) is 108 cm³/mol. The Labute approximate surface area is 176 Å². The van der Waals surface area contributed by atoms with Crippen LogP contribution in [0.15, 0.2) is 36.4 Å². The van der Waals surface area contributed by atoms with E-state index in [1.807, 2.05) is 43.0 Å². The number of carbonyl (C=O) groups excluding carboxylic acids is 1. The van der Waals surface area contributed by atoms with Crippen LogP contribution in [0.1, 0.15) is 37.0 Å². The minimum absolute atomic E-state index is 0.383. The van der Waals surface area contributed by atoms with Crippen LogP contribution in [0.2, 0.25) is 0 Å². The van der Waals surface area contributed by atoms with Crippen LogP contribution in [0.25, 0.3) is 10.8 Å². The third kappa shape index (κ3) is 6.51. The molecule has 1 aliphatic heterocycles. The van der Waals surface area contributed by atoms with Crippen molar-refractivity contribution in [2.45, 2.75) is 36.9 Å². The third-order valence-corrected chi connectivity index (χ3v) is 6.11. The summed E-state index contributed by atoms with van der Waals surface area (Å²) < 4.78 is 67.9. The van der Waals surface area contributed by atoms with Gasteiger partial charge in [0.05, 0.1) is 6.61 Å². The van der Waals surface area contributed by atoms with Crippen molar-refractivity contribution in [3.05, 3.63) is 42.0 Å². The lowest BCUT2D eigenvalue weighted by molar-refractivity contribution is -0.0510. The monoisotopic (exact) mass is 466 g/mol. The maximum Gasteiger partial charge on any atom is 0.522 e. The van der Waals surface area contributed by atoms with E-state index in [-0.39, 0.29) is 0 Å². The molecule has 1 fully saturated rings. The second-order valence-electron chi connectivity index (χ2n) is 6.32. The highest BCUT2D eigenvalue weighted by molar-refractivity contribution is 7.99. The van der Waals surface area contributed by atoms with Gasteiger partial charge < -0.3 is 9.47 Å². The van der Waals surface area contributed by atoms with Crippen molar-refractivity contribution in [3.63, 3.8) is 0 Å². The Bertz CT molecular complexity index is 970. The third-order valence-electron chi connectivity index (χ3n) is 4.10. The van der Waals surface area contributed by atoms with E-state index in [2.05, 4.69) is 12.1 Å². The zero-order valence-corrected chi connectivity index (χ0v) is 17.6. The fourth-order valence-electron chi connectivity index (χ4n) is 2.79. The van der Waals surface area contributed by atoms with Gasteiger partial charge in [0.2, 0.25) is 0 Å². The van der Waals surface area contributed by atoms with Crippen molar-refractivity contribution >= 4 is 38.8 Å². The highest BCUT2D eigenvalue weighted by Crippen LogP contribution is 2.44. The number of benzene rings is 2. The highest BCUT2D eigenvalue weighted by Gasteiger charge is 2.44. The maximum atomic E-state index is 11.7. The molecule has 0 bridgehead atoms. The second kappa shape index (κ2) is 10.4. The summed E-state index contributed by atoms with van der Waals surface area (Å²) in [5.74, 6) is 1.80. The number of rotatable bonds is 4. The molecule has 0 radical (unpaired) electrons. The molecule has 2 aromatic rings. The number of thioether (sulfide) groups is 1. The summed E-state index contributed by atoms with van der Waals surface area (Å²) in [5.41, 5.74) is -4.19. The van der Waals surface area contributed by atoms with E-state index in [9.17, 15) is 18.0 Å². The number of halogens is 3. The summed E-state index contributed by atoms with van der Waals surface area (Å²) in [7, 11) is -5.84. The molecule has 1 heterocycles. The second-order valence-corrected chi connectivity index (χ2v) is 9.05. The van der Waals surface area contributed by atoms with Gasteiger partial charge in [-0.1, -0.05) is 37.3 Å². The largest absolute Gasteiger partial charge is 0.522 e. The first kappa shape index (κ1) is 24.3. The molecule has 0 aromatic heterocycles. The predicted octanol–water partition coefficient (Wildman–Crippen LogP) is 5.73. The normalized spacial score (nSPS) is 16.6. The standard InChI is InChI=1S/C18H20O3S.CHF3O3S/c1-2-11-20-18(19)21-16-10-9-15(17-8-5-12-22-17)13-6-3-4-7-14(13)16;2-1(3,4)8(5,6)7/h3-4,6-7,9-10,17H,2,5,8,11-12H2,1H3;(H,5,6,7). The topological polar surface area (TPSA) is 89.9 Å². The van der Waals surface area contributed by atoms with Gasteiger partial charge in [-0.2, -0.15) is 33.4 Å². The first-order valence-corrected chi connectivity index (χ1v) is 11.5. The van der Waals surface area contributed by atoms with Crippen LogP contribution in [0, 0.1) is 0 Å². The summed E-state index contributed by atoms with van der Waals surface area (Å²) in [4.78, 5) is 11.7. The minimum Gasteiger partial charge on any atom is -0.434 e. The lowest BCUT2D eigenvalue weighted by atomic mass is 9.99. The van der Waals surface area contributed by atoms with Crippen LogP contribution >= 0.6 is 11.8 Å². The molecular weight excluding hydrogens is 445 g/mol. The van der Waals surface area contributed by atoms with Gasteiger partial charge in [0.1, 0.15) is 5.75 Å². The molecule has 1 unspecified atom stereocenters. The zero-order chi connectivity index (χ0) is 22.4. The highest BCUT2D eigenvalue weighted by atomic mass is 32.2. The Hall–Kier alpha value is -1.98. The Morgan fingerprint density at radius 3 is 2.37 bits per heavy atom. The number of carbonyl (C=O) groups is 1. The van der Waals surface area contributed by atoms with E-state index in [1.54, 1.807) is 0 Å². The molecule has 1 aliphatic rings. The minimum atomic E-state index is -5.84. The van der Waals surface area contributed by atoms with Gasteiger partial charge in [0.15, 0.2) is 0 Å². The SMILES string of the molecule is CCCOC(=O)Oc1ccc(C2CCCS2)c2ccccc12.O=S(=O)(O)C(F)(F)F. The lowest BCUT2D eigenvalue weighted by Crippen LogP contribution is -2.21. The van der Waals surface area contributed by atoms with E-state index in [0.717, 1.165) is 11.8 Å². The van der Waals surface area contributed by atoms with Gasteiger partial charge in [-0.05, 0) is 42.0 Å². The summed E-state index contributed by atoms with van der Waals surface area (Å²) in [6.45, 7) is 2.34. The van der Waals surface area contributed by atoms with E-state index >= 15 is 0 Å². The molecule has 166 valence electrons. The molecule has 0 spiro atoms. The van der Waals surface area contributed by atoms with Crippen LogP contribution in [0.5, 0.6) is 5.75 Å². The van der Waals surface area contributed by atoms with Gasteiger partial charge in [-0.3, -0.25) is 4.55 Å². The Morgan fingerprint density at radius 1 is 1.20 bits per heavy atom. The molecular formula is C19H21F3O6S2. The van der Waals surface area contributed by atoms with Crippen LogP contribution in [-0.2, 0) is 14.9 Å². The van der Waals surface area contributed by atoms with E-state index in [4.69, 9.17) is 22.4 Å². The van der Waals surface area contributed by atoms with Crippen molar-refractivity contribution in [1.82, 2.24) is 0 Å². The smallest absolute Gasteiger partial charge is 0.434 e. The van der Waals surface area contributed by atoms with Crippen molar-refractivity contribution in [1.29, 1.82) is 0 Å². The first-order chi connectivity index (χ1) is 14.0. The van der Waals surface area contributed by atoms with Crippen molar-refractivity contribution in [2.24, 2.45) is 0 Å². The first-order valence-electron chi connectivity index (χ1n) is 9.06. The number of fused-ring (bicyclic) bond motifs is 1.